The number of Topliss-reactive ketones (excluding diaryl/α,β-unsaturated/α-hetero) is 1. The highest BCUT2D eigenvalue weighted by atomic mass is 16.1. The zero-order valence-corrected chi connectivity index (χ0v) is 7.44. The third-order valence-electron chi connectivity index (χ3n) is 2.31. The Morgan fingerprint density at radius 2 is 2.09 bits per heavy atom. The Bertz CT molecular complexity index is 189. The van der Waals surface area contributed by atoms with Gasteiger partial charge in [-0.15, -0.1) is 0 Å². The largest absolute Gasteiger partial charge is 0.295 e. The Balaban J connectivity index is 2.74. The predicted octanol–water partition coefficient (Wildman–Crippen LogP) is 2.86. The molecule has 0 aromatic rings. The Morgan fingerprint density at radius 1 is 1.36 bits per heavy atom. The first-order chi connectivity index (χ1) is 5.25. The summed E-state index contributed by atoms with van der Waals surface area (Å²) in [5.41, 5.74) is 2.46. The molecule has 1 rings (SSSR count). The quantitative estimate of drug-likeness (QED) is 0.594. The maximum Gasteiger partial charge on any atom is 0.158 e. The molecule has 1 aliphatic rings. The Labute approximate surface area is 68.5 Å². The minimum absolute atomic E-state index is 0.399. The average molecular weight is 152 g/mol. The lowest BCUT2D eigenvalue weighted by molar-refractivity contribution is -0.116. The van der Waals surface area contributed by atoms with Crippen molar-refractivity contribution in [2.24, 2.45) is 0 Å². The van der Waals surface area contributed by atoms with E-state index in [4.69, 9.17) is 0 Å². The van der Waals surface area contributed by atoms with Gasteiger partial charge in [-0.1, -0.05) is 18.9 Å². The van der Waals surface area contributed by atoms with E-state index in [1.54, 1.807) is 0 Å². The Morgan fingerprint density at radius 3 is 2.64 bits per heavy atom. The number of rotatable bonds is 2. The number of hydrogen-bond donors (Lipinski definition) is 0. The van der Waals surface area contributed by atoms with Crippen LogP contribution in [0.15, 0.2) is 11.1 Å². The maximum atomic E-state index is 11.3. The molecule has 0 aliphatic heterocycles. The number of allylic oxidation sites excluding steroid dienone is 2. The first kappa shape index (κ1) is 8.51. The van der Waals surface area contributed by atoms with E-state index in [1.165, 1.54) is 5.57 Å². The van der Waals surface area contributed by atoms with Crippen LogP contribution in [0.5, 0.6) is 0 Å². The lowest BCUT2D eigenvalue weighted by Gasteiger charge is -2.15. The van der Waals surface area contributed by atoms with E-state index in [9.17, 15) is 4.79 Å². The van der Waals surface area contributed by atoms with Crippen molar-refractivity contribution in [2.75, 3.05) is 0 Å². The topological polar surface area (TPSA) is 17.1 Å². The van der Waals surface area contributed by atoms with Gasteiger partial charge in [0.25, 0.3) is 0 Å². The van der Waals surface area contributed by atoms with Crippen LogP contribution in [0.2, 0.25) is 0 Å². The molecule has 0 unspecified atom stereocenters. The summed E-state index contributed by atoms with van der Waals surface area (Å²) in [6, 6.07) is 0. The maximum absolute atomic E-state index is 11.3. The van der Waals surface area contributed by atoms with E-state index in [0.717, 1.165) is 37.7 Å². The molecule has 0 spiro atoms. The molecule has 1 aliphatic carbocycles. The van der Waals surface area contributed by atoms with Crippen molar-refractivity contribution < 1.29 is 4.79 Å². The van der Waals surface area contributed by atoms with Crippen LogP contribution >= 0.6 is 0 Å². The first-order valence-electron chi connectivity index (χ1n) is 4.47. The predicted molar refractivity (Wildman–Crippen MR) is 46.5 cm³/mol. The summed E-state index contributed by atoms with van der Waals surface area (Å²) in [6.45, 7) is 4.23. The Kier molecular flexibility index (Phi) is 2.86. The Hall–Kier alpha value is -0.590. The van der Waals surface area contributed by atoms with Crippen LogP contribution in [0.3, 0.4) is 0 Å². The van der Waals surface area contributed by atoms with Gasteiger partial charge in [-0.2, -0.15) is 0 Å². The van der Waals surface area contributed by atoms with Crippen LogP contribution in [0, 0.1) is 0 Å². The molecule has 0 saturated carbocycles. The molecule has 0 bridgehead atoms. The molecule has 62 valence electrons. The van der Waals surface area contributed by atoms with Gasteiger partial charge in [0.1, 0.15) is 0 Å². The molecule has 0 saturated heterocycles. The van der Waals surface area contributed by atoms with Crippen molar-refractivity contribution in [3.05, 3.63) is 11.1 Å². The summed E-state index contributed by atoms with van der Waals surface area (Å²) in [6.07, 6.45) is 5.08. The molecule has 0 N–H and O–H groups in total. The van der Waals surface area contributed by atoms with E-state index in [2.05, 4.69) is 13.8 Å². The molecule has 1 heteroatoms. The van der Waals surface area contributed by atoms with Crippen molar-refractivity contribution in [1.29, 1.82) is 0 Å². The van der Waals surface area contributed by atoms with Gasteiger partial charge in [0.15, 0.2) is 5.78 Å². The second kappa shape index (κ2) is 3.70. The van der Waals surface area contributed by atoms with Crippen LogP contribution in [0.4, 0.5) is 0 Å². The third-order valence-corrected chi connectivity index (χ3v) is 2.31. The zero-order valence-electron chi connectivity index (χ0n) is 7.44. The fourth-order valence-electron chi connectivity index (χ4n) is 1.66. The van der Waals surface area contributed by atoms with Crippen LogP contribution in [0.25, 0.3) is 0 Å². The van der Waals surface area contributed by atoms with Crippen LogP contribution in [0.1, 0.15) is 46.0 Å². The molecule has 0 amide bonds. The second-order valence-corrected chi connectivity index (χ2v) is 3.29. The number of ketones is 1. The summed E-state index contributed by atoms with van der Waals surface area (Å²) in [4.78, 5) is 11.3. The summed E-state index contributed by atoms with van der Waals surface area (Å²) >= 11 is 0. The van der Waals surface area contributed by atoms with Crippen molar-refractivity contribution in [3.8, 4) is 0 Å². The van der Waals surface area contributed by atoms with E-state index in [-0.39, 0.29) is 0 Å². The molecule has 0 heterocycles. The lowest BCUT2D eigenvalue weighted by Crippen LogP contribution is -2.09. The van der Waals surface area contributed by atoms with Gasteiger partial charge < -0.3 is 0 Å². The molecule has 0 radical (unpaired) electrons. The molecule has 1 nitrogen and oxygen atoms in total. The fraction of sp³-hybridized carbons (Fsp3) is 0.700. The van der Waals surface area contributed by atoms with Gasteiger partial charge in [-0.3, -0.25) is 4.79 Å². The van der Waals surface area contributed by atoms with Gasteiger partial charge in [-0.05, 0) is 31.8 Å². The average Bonchev–Trinajstić information content (AvgIpc) is 1.97. The molecule has 0 fully saturated rings. The molecular formula is C10H16O. The van der Waals surface area contributed by atoms with Gasteiger partial charge in [-0.25, -0.2) is 0 Å². The second-order valence-electron chi connectivity index (χ2n) is 3.29. The zero-order chi connectivity index (χ0) is 8.27. The lowest BCUT2D eigenvalue weighted by atomic mass is 9.89. The van der Waals surface area contributed by atoms with Crippen molar-refractivity contribution in [2.45, 2.75) is 46.0 Å². The smallest absolute Gasteiger partial charge is 0.158 e. The van der Waals surface area contributed by atoms with Gasteiger partial charge in [0.2, 0.25) is 0 Å². The highest BCUT2D eigenvalue weighted by Gasteiger charge is 2.16. The molecule has 0 aromatic carbocycles. The number of hydrogen-bond acceptors (Lipinski definition) is 1. The molecule has 11 heavy (non-hydrogen) atoms. The third kappa shape index (κ3) is 1.92. The summed E-state index contributed by atoms with van der Waals surface area (Å²) in [7, 11) is 0. The molecule has 0 atom stereocenters. The summed E-state index contributed by atoms with van der Waals surface area (Å²) < 4.78 is 0. The number of carbonyl (C=O) groups is 1. The molecule has 0 aromatic heterocycles. The highest BCUT2D eigenvalue weighted by molar-refractivity contribution is 5.96. The monoisotopic (exact) mass is 152 g/mol. The summed E-state index contributed by atoms with van der Waals surface area (Å²) in [5.74, 6) is 0.399. The normalized spacial score (nSPS) is 19.3. The first-order valence-corrected chi connectivity index (χ1v) is 4.47. The van der Waals surface area contributed by atoms with Crippen LogP contribution in [-0.2, 0) is 4.79 Å². The van der Waals surface area contributed by atoms with Crippen LogP contribution < -0.4 is 0 Å². The molecular weight excluding hydrogens is 136 g/mol. The van der Waals surface area contributed by atoms with Crippen LogP contribution in [-0.4, -0.2) is 5.78 Å². The van der Waals surface area contributed by atoms with Gasteiger partial charge in [0.05, 0.1) is 0 Å². The van der Waals surface area contributed by atoms with E-state index in [1.807, 2.05) is 0 Å². The van der Waals surface area contributed by atoms with Crippen molar-refractivity contribution in [1.82, 2.24) is 0 Å². The van der Waals surface area contributed by atoms with E-state index >= 15 is 0 Å². The fourth-order valence-corrected chi connectivity index (χ4v) is 1.66. The number of carbonyl (C=O) groups excluding carboxylic acids is 1. The summed E-state index contributed by atoms with van der Waals surface area (Å²) in [5, 5.41) is 0. The van der Waals surface area contributed by atoms with Gasteiger partial charge >= 0.3 is 0 Å². The van der Waals surface area contributed by atoms with Crippen molar-refractivity contribution >= 4 is 5.78 Å². The van der Waals surface area contributed by atoms with Gasteiger partial charge in [0, 0.05) is 6.42 Å². The minimum Gasteiger partial charge on any atom is -0.295 e. The minimum atomic E-state index is 0.399. The van der Waals surface area contributed by atoms with E-state index in [0.29, 0.717) is 5.78 Å². The van der Waals surface area contributed by atoms with Crippen molar-refractivity contribution in [3.63, 3.8) is 0 Å². The highest BCUT2D eigenvalue weighted by Crippen LogP contribution is 2.24. The van der Waals surface area contributed by atoms with E-state index < -0.39 is 0 Å². The SMILES string of the molecule is CCCC1=C(C)CCCC1=O. The standard InChI is InChI=1S/C10H16O/c1-3-5-9-8(2)6-4-7-10(9)11/h3-7H2,1-2H3.